The smallest absolute Gasteiger partial charge is 0.224 e. The standard InChI is InChI=1S/C20H22Cl2N2O3/c21-15-7-8-19(16(22)14-15)27-11-3-6-20(25)23-17-4-1-2-5-18(17)24-9-12-26-13-10-24/h1-2,4-5,7-8,14H,3,6,9-13H2,(H,23,25). The molecular weight excluding hydrogens is 387 g/mol. The Balaban J connectivity index is 1.48. The van der Waals surface area contributed by atoms with Crippen molar-refractivity contribution in [1.82, 2.24) is 0 Å². The van der Waals surface area contributed by atoms with E-state index in [4.69, 9.17) is 32.7 Å². The monoisotopic (exact) mass is 408 g/mol. The molecule has 144 valence electrons. The number of halogens is 2. The fraction of sp³-hybridized carbons (Fsp3) is 0.350. The molecule has 2 aromatic carbocycles. The molecule has 0 aliphatic carbocycles. The van der Waals surface area contributed by atoms with E-state index in [0.717, 1.165) is 24.5 Å². The summed E-state index contributed by atoms with van der Waals surface area (Å²) in [6.07, 6.45) is 0.952. The number of ether oxygens (including phenoxy) is 2. The van der Waals surface area contributed by atoms with Crippen LogP contribution < -0.4 is 15.0 Å². The number of nitrogens with one attached hydrogen (secondary N) is 1. The van der Waals surface area contributed by atoms with E-state index in [1.807, 2.05) is 24.3 Å². The van der Waals surface area contributed by atoms with E-state index in [1.165, 1.54) is 0 Å². The number of carbonyl (C=O) groups excluding carboxylic acids is 1. The Hall–Kier alpha value is -1.95. The molecule has 0 bridgehead atoms. The van der Waals surface area contributed by atoms with Crippen LogP contribution in [0.2, 0.25) is 10.0 Å². The van der Waals surface area contributed by atoms with Crippen LogP contribution in [0.4, 0.5) is 11.4 Å². The summed E-state index contributed by atoms with van der Waals surface area (Å²) in [7, 11) is 0. The highest BCUT2D eigenvalue weighted by atomic mass is 35.5. The molecule has 1 aliphatic rings. The molecule has 3 rings (SSSR count). The molecule has 0 saturated carbocycles. The van der Waals surface area contributed by atoms with Crippen LogP contribution in [-0.2, 0) is 9.53 Å². The minimum Gasteiger partial charge on any atom is -0.492 e. The lowest BCUT2D eigenvalue weighted by Crippen LogP contribution is -2.36. The minimum atomic E-state index is -0.0403. The van der Waals surface area contributed by atoms with Crippen LogP contribution in [0.15, 0.2) is 42.5 Å². The van der Waals surface area contributed by atoms with Crippen LogP contribution in [0, 0.1) is 0 Å². The lowest BCUT2D eigenvalue weighted by molar-refractivity contribution is -0.116. The number of carbonyl (C=O) groups is 1. The molecular formula is C20H22Cl2N2O3. The molecule has 27 heavy (non-hydrogen) atoms. The highest BCUT2D eigenvalue weighted by Gasteiger charge is 2.15. The minimum absolute atomic E-state index is 0.0403. The molecule has 1 N–H and O–H groups in total. The highest BCUT2D eigenvalue weighted by molar-refractivity contribution is 6.35. The maximum atomic E-state index is 12.3. The Morgan fingerprint density at radius 2 is 1.93 bits per heavy atom. The molecule has 1 aliphatic heterocycles. The zero-order valence-corrected chi connectivity index (χ0v) is 16.4. The summed E-state index contributed by atoms with van der Waals surface area (Å²) >= 11 is 11.9. The van der Waals surface area contributed by atoms with Gasteiger partial charge < -0.3 is 19.7 Å². The molecule has 1 fully saturated rings. The number of anilines is 2. The Morgan fingerprint density at radius 3 is 2.70 bits per heavy atom. The van der Waals surface area contributed by atoms with Gasteiger partial charge in [-0.05, 0) is 36.8 Å². The summed E-state index contributed by atoms with van der Waals surface area (Å²) in [5.74, 6) is 0.528. The van der Waals surface area contributed by atoms with Crippen molar-refractivity contribution < 1.29 is 14.3 Å². The third kappa shape index (κ3) is 5.76. The molecule has 0 atom stereocenters. The van der Waals surface area contributed by atoms with Gasteiger partial charge in [-0.2, -0.15) is 0 Å². The lowest BCUT2D eigenvalue weighted by atomic mass is 10.2. The lowest BCUT2D eigenvalue weighted by Gasteiger charge is -2.30. The van der Waals surface area contributed by atoms with Gasteiger partial charge in [0, 0.05) is 24.5 Å². The average Bonchev–Trinajstić information content (AvgIpc) is 2.68. The summed E-state index contributed by atoms with van der Waals surface area (Å²) in [6, 6.07) is 12.9. The number of amides is 1. The van der Waals surface area contributed by atoms with E-state index in [1.54, 1.807) is 18.2 Å². The molecule has 0 radical (unpaired) electrons. The van der Waals surface area contributed by atoms with Crippen molar-refractivity contribution in [3.05, 3.63) is 52.5 Å². The number of rotatable bonds is 7. The first-order chi connectivity index (χ1) is 13.1. The maximum Gasteiger partial charge on any atom is 0.224 e. The Labute approximate surface area is 169 Å². The second-order valence-corrected chi connectivity index (χ2v) is 7.04. The second kappa shape index (κ2) is 9.83. The number of benzene rings is 2. The van der Waals surface area contributed by atoms with Gasteiger partial charge in [-0.15, -0.1) is 0 Å². The molecule has 1 amide bonds. The molecule has 7 heteroatoms. The van der Waals surface area contributed by atoms with Crippen molar-refractivity contribution in [2.24, 2.45) is 0 Å². The zero-order valence-electron chi connectivity index (χ0n) is 14.9. The molecule has 5 nitrogen and oxygen atoms in total. The van der Waals surface area contributed by atoms with Crippen LogP contribution in [-0.4, -0.2) is 38.8 Å². The fourth-order valence-electron chi connectivity index (χ4n) is 2.88. The predicted molar refractivity (Wildman–Crippen MR) is 109 cm³/mol. The number of hydrogen-bond acceptors (Lipinski definition) is 4. The quantitative estimate of drug-likeness (QED) is 0.678. The zero-order chi connectivity index (χ0) is 19.1. The Kier molecular flexibility index (Phi) is 7.21. The van der Waals surface area contributed by atoms with Crippen molar-refractivity contribution in [2.45, 2.75) is 12.8 Å². The fourth-order valence-corrected chi connectivity index (χ4v) is 3.34. The van der Waals surface area contributed by atoms with Gasteiger partial charge in [-0.25, -0.2) is 0 Å². The second-order valence-electron chi connectivity index (χ2n) is 6.19. The molecule has 0 unspecified atom stereocenters. The van der Waals surface area contributed by atoms with Gasteiger partial charge in [0.05, 0.1) is 36.2 Å². The summed E-state index contributed by atoms with van der Waals surface area (Å²) < 4.78 is 11.0. The van der Waals surface area contributed by atoms with E-state index < -0.39 is 0 Å². The largest absolute Gasteiger partial charge is 0.492 e. The summed E-state index contributed by atoms with van der Waals surface area (Å²) in [5.41, 5.74) is 1.85. The van der Waals surface area contributed by atoms with Gasteiger partial charge in [-0.1, -0.05) is 35.3 Å². The van der Waals surface area contributed by atoms with Crippen molar-refractivity contribution in [3.63, 3.8) is 0 Å². The maximum absolute atomic E-state index is 12.3. The van der Waals surface area contributed by atoms with Gasteiger partial charge in [0.2, 0.25) is 5.91 Å². The average molecular weight is 409 g/mol. The van der Waals surface area contributed by atoms with Gasteiger partial charge in [-0.3, -0.25) is 4.79 Å². The van der Waals surface area contributed by atoms with E-state index >= 15 is 0 Å². The van der Waals surface area contributed by atoms with Gasteiger partial charge >= 0.3 is 0 Å². The molecule has 0 spiro atoms. The van der Waals surface area contributed by atoms with E-state index in [2.05, 4.69) is 10.2 Å². The van der Waals surface area contributed by atoms with Crippen LogP contribution in [0.1, 0.15) is 12.8 Å². The summed E-state index contributed by atoms with van der Waals surface area (Å²) in [4.78, 5) is 14.5. The van der Waals surface area contributed by atoms with Gasteiger partial charge in [0.15, 0.2) is 0 Å². The summed E-state index contributed by atoms with van der Waals surface area (Å²) in [6.45, 7) is 3.45. The first-order valence-corrected chi connectivity index (χ1v) is 9.68. The van der Waals surface area contributed by atoms with E-state index in [0.29, 0.717) is 48.5 Å². The topological polar surface area (TPSA) is 50.8 Å². The van der Waals surface area contributed by atoms with Crippen LogP contribution in [0.3, 0.4) is 0 Å². The predicted octanol–water partition coefficient (Wildman–Crippen LogP) is 4.63. The normalized spacial score (nSPS) is 14.1. The van der Waals surface area contributed by atoms with Crippen LogP contribution in [0.25, 0.3) is 0 Å². The molecule has 0 aromatic heterocycles. The first kappa shape index (κ1) is 19.8. The molecule has 1 saturated heterocycles. The summed E-state index contributed by atoms with van der Waals surface area (Å²) in [5, 5.41) is 4.03. The van der Waals surface area contributed by atoms with E-state index in [9.17, 15) is 4.79 Å². The first-order valence-electron chi connectivity index (χ1n) is 8.93. The highest BCUT2D eigenvalue weighted by Crippen LogP contribution is 2.28. The van der Waals surface area contributed by atoms with Crippen molar-refractivity contribution in [1.29, 1.82) is 0 Å². The molecule has 1 heterocycles. The Bertz CT molecular complexity index is 780. The van der Waals surface area contributed by atoms with Crippen molar-refractivity contribution >= 4 is 40.5 Å². The van der Waals surface area contributed by atoms with Crippen molar-refractivity contribution in [2.75, 3.05) is 43.1 Å². The van der Waals surface area contributed by atoms with Crippen LogP contribution >= 0.6 is 23.2 Å². The van der Waals surface area contributed by atoms with Crippen LogP contribution in [0.5, 0.6) is 5.75 Å². The number of hydrogen-bond donors (Lipinski definition) is 1. The third-order valence-electron chi connectivity index (χ3n) is 4.23. The third-order valence-corrected chi connectivity index (χ3v) is 4.76. The van der Waals surface area contributed by atoms with Gasteiger partial charge in [0.25, 0.3) is 0 Å². The molecule has 2 aromatic rings. The van der Waals surface area contributed by atoms with E-state index in [-0.39, 0.29) is 5.91 Å². The Morgan fingerprint density at radius 1 is 1.15 bits per heavy atom. The number of morpholine rings is 1. The number of para-hydroxylation sites is 2. The van der Waals surface area contributed by atoms with Gasteiger partial charge in [0.1, 0.15) is 5.75 Å². The van der Waals surface area contributed by atoms with Crippen molar-refractivity contribution in [3.8, 4) is 5.75 Å². The SMILES string of the molecule is O=C(CCCOc1ccc(Cl)cc1Cl)Nc1ccccc1N1CCOCC1. The number of nitrogens with zero attached hydrogens (tertiary/aromatic N) is 1.